The van der Waals surface area contributed by atoms with Crippen LogP contribution in [0.2, 0.25) is 19.6 Å². The third-order valence-electron chi connectivity index (χ3n) is 3.85. The van der Waals surface area contributed by atoms with Crippen LogP contribution in [0.4, 0.5) is 0 Å². The van der Waals surface area contributed by atoms with Gasteiger partial charge in [0.1, 0.15) is 17.5 Å². The van der Waals surface area contributed by atoms with Crippen LogP contribution in [0.25, 0.3) is 0 Å². The zero-order chi connectivity index (χ0) is 19.8. The minimum atomic E-state index is -1.73. The van der Waals surface area contributed by atoms with Crippen LogP contribution >= 0.6 is 0 Å². The molecule has 0 saturated heterocycles. The Labute approximate surface area is 157 Å². The van der Waals surface area contributed by atoms with Crippen molar-refractivity contribution in [3.05, 3.63) is 59.2 Å². The topological polar surface area (TPSA) is 108 Å². The minimum Gasteiger partial charge on any atom is -0.544 e. The van der Waals surface area contributed by atoms with Gasteiger partial charge in [0.15, 0.2) is 0 Å². The normalized spacial score (nSPS) is 14.4. The summed E-state index contributed by atoms with van der Waals surface area (Å²) in [5, 5.41) is 2.17. The molecular formula is C19H20N2O5Si. The van der Waals surface area contributed by atoms with Crippen LogP contribution in [0, 0.1) is 0 Å². The van der Waals surface area contributed by atoms with Crippen molar-refractivity contribution in [3.8, 4) is 11.5 Å². The van der Waals surface area contributed by atoms with E-state index >= 15 is 0 Å². The van der Waals surface area contributed by atoms with Crippen molar-refractivity contribution in [3.63, 3.8) is 0 Å². The maximum absolute atomic E-state index is 12.4. The minimum absolute atomic E-state index is 0.00925. The Balaban J connectivity index is 1.76. The van der Waals surface area contributed by atoms with Crippen LogP contribution in [0.3, 0.4) is 0 Å². The molecule has 0 aromatic heterocycles. The van der Waals surface area contributed by atoms with E-state index in [0.29, 0.717) is 5.56 Å². The van der Waals surface area contributed by atoms with Crippen LogP contribution < -0.4 is 20.2 Å². The molecule has 2 aromatic rings. The average Bonchev–Trinajstić information content (AvgIpc) is 2.89. The van der Waals surface area contributed by atoms with Crippen molar-refractivity contribution >= 4 is 26.1 Å². The molecule has 0 saturated carbocycles. The highest BCUT2D eigenvalue weighted by atomic mass is 28.4. The summed E-state index contributed by atoms with van der Waals surface area (Å²) in [7, 11) is -1.73. The maximum Gasteiger partial charge on any atom is 0.332 e. The smallest absolute Gasteiger partial charge is 0.332 e. The van der Waals surface area contributed by atoms with Crippen molar-refractivity contribution in [2.45, 2.75) is 25.7 Å². The summed E-state index contributed by atoms with van der Waals surface area (Å²) in [6, 6.07) is 10.4. The van der Waals surface area contributed by atoms with E-state index < -0.39 is 32.1 Å². The lowest BCUT2D eigenvalue weighted by molar-refractivity contribution is -0.136. The van der Waals surface area contributed by atoms with E-state index in [9.17, 15) is 14.4 Å². The van der Waals surface area contributed by atoms with E-state index in [1.54, 1.807) is 24.3 Å². The molecule has 7 nitrogen and oxygen atoms in total. The second-order valence-corrected chi connectivity index (χ2v) is 11.6. The number of carbonyl (C=O) groups is 3. The lowest BCUT2D eigenvalue weighted by Gasteiger charge is -2.19. The number of imide groups is 1. The first-order valence-electron chi connectivity index (χ1n) is 8.40. The number of rotatable bonds is 5. The lowest BCUT2D eigenvalue weighted by Crippen LogP contribution is -2.29. The fourth-order valence-electron chi connectivity index (χ4n) is 2.68. The van der Waals surface area contributed by atoms with Gasteiger partial charge in [-0.05, 0) is 49.5 Å². The number of ether oxygens (including phenoxy) is 1. The Hall–Kier alpha value is -2.97. The Morgan fingerprint density at radius 2 is 1.70 bits per heavy atom. The standard InChI is InChI=1S/C19H20N2O5Si/c1-27(2,3)26-12-9-7-11(8-10-12)16(20)19(24)25-14-6-4-5-13-15(14)18(23)21-17(13)22/h4-10,16H,20H2,1-3H3,(H,21,22,23)/t16-/m1/s1. The van der Waals surface area contributed by atoms with Gasteiger partial charge in [-0.25, -0.2) is 4.79 Å². The highest BCUT2D eigenvalue weighted by Crippen LogP contribution is 2.28. The predicted octanol–water partition coefficient (Wildman–Crippen LogP) is 2.39. The number of benzene rings is 2. The summed E-state index contributed by atoms with van der Waals surface area (Å²) in [5.41, 5.74) is 6.76. The van der Waals surface area contributed by atoms with Gasteiger partial charge in [-0.15, -0.1) is 0 Å². The first-order valence-corrected chi connectivity index (χ1v) is 11.8. The van der Waals surface area contributed by atoms with Crippen molar-refractivity contribution in [2.75, 3.05) is 0 Å². The van der Waals surface area contributed by atoms with Crippen LogP contribution in [0.1, 0.15) is 32.3 Å². The molecule has 1 atom stereocenters. The molecule has 3 N–H and O–H groups in total. The lowest BCUT2D eigenvalue weighted by atomic mass is 10.1. The SMILES string of the molecule is C[Si](C)(C)Oc1ccc([C@@H](N)C(=O)Oc2cccc3c2C(=O)NC3=O)cc1. The second kappa shape index (κ2) is 6.97. The number of esters is 1. The zero-order valence-corrected chi connectivity index (χ0v) is 16.2. The molecule has 0 bridgehead atoms. The molecule has 1 aliphatic heterocycles. The molecule has 0 radical (unpaired) electrons. The van der Waals surface area contributed by atoms with Crippen molar-refractivity contribution in [1.82, 2.24) is 5.32 Å². The monoisotopic (exact) mass is 384 g/mol. The first-order chi connectivity index (χ1) is 12.7. The molecule has 140 valence electrons. The van der Waals surface area contributed by atoms with E-state index in [4.69, 9.17) is 14.9 Å². The summed E-state index contributed by atoms with van der Waals surface area (Å²) in [4.78, 5) is 36.0. The Bertz CT molecular complexity index is 919. The number of carbonyl (C=O) groups excluding carboxylic acids is 3. The van der Waals surface area contributed by atoms with E-state index in [-0.39, 0.29) is 16.9 Å². The summed E-state index contributed by atoms with van der Waals surface area (Å²) < 4.78 is 11.2. The van der Waals surface area contributed by atoms with Gasteiger partial charge in [-0.1, -0.05) is 18.2 Å². The summed E-state index contributed by atoms with van der Waals surface area (Å²) in [6.45, 7) is 6.22. The maximum atomic E-state index is 12.4. The molecule has 1 aliphatic rings. The van der Waals surface area contributed by atoms with Gasteiger partial charge >= 0.3 is 5.97 Å². The van der Waals surface area contributed by atoms with Gasteiger partial charge in [0.2, 0.25) is 8.32 Å². The predicted molar refractivity (Wildman–Crippen MR) is 101 cm³/mol. The largest absolute Gasteiger partial charge is 0.544 e. The van der Waals surface area contributed by atoms with Gasteiger partial charge in [0, 0.05) is 0 Å². The molecule has 3 rings (SSSR count). The molecule has 2 aromatic carbocycles. The van der Waals surface area contributed by atoms with Crippen LogP contribution in [-0.4, -0.2) is 26.1 Å². The van der Waals surface area contributed by atoms with Gasteiger partial charge in [0.05, 0.1) is 11.1 Å². The first kappa shape index (κ1) is 18.8. The molecule has 0 aliphatic carbocycles. The molecule has 0 spiro atoms. The number of fused-ring (bicyclic) bond motifs is 1. The van der Waals surface area contributed by atoms with Crippen LogP contribution in [0.5, 0.6) is 11.5 Å². The van der Waals surface area contributed by atoms with Crippen LogP contribution in [0.15, 0.2) is 42.5 Å². The highest BCUT2D eigenvalue weighted by Gasteiger charge is 2.31. The third-order valence-corrected chi connectivity index (χ3v) is 4.70. The fraction of sp³-hybridized carbons (Fsp3) is 0.211. The fourth-order valence-corrected chi connectivity index (χ4v) is 3.52. The molecular weight excluding hydrogens is 364 g/mol. The summed E-state index contributed by atoms with van der Waals surface area (Å²) >= 11 is 0. The Morgan fingerprint density at radius 1 is 1.04 bits per heavy atom. The molecule has 0 unspecified atom stereocenters. The number of hydrogen-bond acceptors (Lipinski definition) is 6. The van der Waals surface area contributed by atoms with Crippen molar-refractivity contribution < 1.29 is 23.5 Å². The Morgan fingerprint density at radius 3 is 2.33 bits per heavy atom. The molecule has 27 heavy (non-hydrogen) atoms. The number of hydrogen-bond donors (Lipinski definition) is 2. The molecule has 1 heterocycles. The Kier molecular flexibility index (Phi) is 4.86. The van der Waals surface area contributed by atoms with Crippen molar-refractivity contribution in [2.24, 2.45) is 5.73 Å². The van der Waals surface area contributed by atoms with Crippen LogP contribution in [-0.2, 0) is 4.79 Å². The summed E-state index contributed by atoms with van der Waals surface area (Å²) in [6.07, 6.45) is 0. The van der Waals surface area contributed by atoms with E-state index in [0.717, 1.165) is 5.75 Å². The van der Waals surface area contributed by atoms with Gasteiger partial charge < -0.3 is 14.9 Å². The zero-order valence-electron chi connectivity index (χ0n) is 15.2. The molecule has 0 fully saturated rings. The van der Waals surface area contributed by atoms with Gasteiger partial charge in [0.25, 0.3) is 11.8 Å². The number of nitrogens with two attached hydrogens (primary N) is 1. The quantitative estimate of drug-likeness (QED) is 0.355. The number of nitrogens with one attached hydrogen (secondary N) is 1. The van der Waals surface area contributed by atoms with E-state index in [2.05, 4.69) is 25.0 Å². The average molecular weight is 384 g/mol. The summed E-state index contributed by atoms with van der Waals surface area (Å²) in [5.74, 6) is -1.12. The van der Waals surface area contributed by atoms with Gasteiger partial charge in [-0.2, -0.15) is 0 Å². The molecule has 8 heteroatoms. The number of amides is 2. The third kappa shape index (κ3) is 4.07. The van der Waals surface area contributed by atoms with E-state index in [1.807, 2.05) is 0 Å². The highest BCUT2D eigenvalue weighted by molar-refractivity contribution is 6.70. The van der Waals surface area contributed by atoms with Gasteiger partial charge in [-0.3, -0.25) is 14.9 Å². The van der Waals surface area contributed by atoms with Crippen molar-refractivity contribution in [1.29, 1.82) is 0 Å². The second-order valence-electron chi connectivity index (χ2n) is 7.14. The van der Waals surface area contributed by atoms with E-state index in [1.165, 1.54) is 18.2 Å². The molecule has 2 amide bonds.